The van der Waals surface area contributed by atoms with Crippen molar-refractivity contribution >= 4 is 23.3 Å². The van der Waals surface area contributed by atoms with E-state index >= 15 is 0 Å². The molecule has 0 spiro atoms. The highest BCUT2D eigenvalue weighted by atomic mass is 16.5. The maximum absolute atomic E-state index is 12.6. The lowest BCUT2D eigenvalue weighted by Crippen LogP contribution is -2.46. The van der Waals surface area contributed by atoms with Crippen molar-refractivity contribution in [2.75, 3.05) is 30.3 Å². The zero-order valence-electron chi connectivity index (χ0n) is 15.6. The van der Waals surface area contributed by atoms with E-state index in [0.29, 0.717) is 37.6 Å². The van der Waals surface area contributed by atoms with Crippen LogP contribution in [-0.4, -0.2) is 41.5 Å². The summed E-state index contributed by atoms with van der Waals surface area (Å²) in [7, 11) is 0. The number of aromatic nitrogens is 1. The molecule has 7 heteroatoms. The fraction of sp³-hybridized carbons (Fsp3) is 0.381. The lowest BCUT2D eigenvalue weighted by molar-refractivity contribution is -0.118. The Bertz CT molecular complexity index is 843. The molecule has 2 aliphatic heterocycles. The maximum atomic E-state index is 12.6. The van der Waals surface area contributed by atoms with Gasteiger partial charge in [0.1, 0.15) is 5.75 Å². The SMILES string of the molecule is O=C1C[C@@H]2CCN(C(=O)Nc3cccnc3)C[C@@H]2CCOc2ccccc2N1. The molecule has 2 N–H and O–H groups in total. The van der Waals surface area contributed by atoms with Crippen molar-refractivity contribution in [1.29, 1.82) is 0 Å². The third kappa shape index (κ3) is 4.24. The van der Waals surface area contributed by atoms with Gasteiger partial charge >= 0.3 is 6.03 Å². The van der Waals surface area contributed by atoms with Crippen molar-refractivity contribution in [3.8, 4) is 5.75 Å². The molecule has 4 rings (SSSR count). The van der Waals surface area contributed by atoms with Gasteiger partial charge in [0.05, 0.1) is 24.2 Å². The van der Waals surface area contributed by atoms with E-state index in [0.717, 1.165) is 18.5 Å². The zero-order chi connectivity index (χ0) is 19.3. The van der Waals surface area contributed by atoms with Gasteiger partial charge in [-0.1, -0.05) is 12.1 Å². The topological polar surface area (TPSA) is 83.6 Å². The number of anilines is 2. The molecule has 2 aromatic rings. The van der Waals surface area contributed by atoms with Gasteiger partial charge in [-0.25, -0.2) is 4.79 Å². The van der Waals surface area contributed by atoms with E-state index in [4.69, 9.17) is 4.74 Å². The van der Waals surface area contributed by atoms with Gasteiger partial charge in [-0.2, -0.15) is 0 Å². The second-order valence-electron chi connectivity index (χ2n) is 7.31. The zero-order valence-corrected chi connectivity index (χ0v) is 15.6. The van der Waals surface area contributed by atoms with Crippen LogP contribution in [0, 0.1) is 11.8 Å². The highest BCUT2D eigenvalue weighted by Crippen LogP contribution is 2.33. The van der Waals surface area contributed by atoms with Gasteiger partial charge < -0.3 is 20.3 Å². The van der Waals surface area contributed by atoms with E-state index in [1.165, 1.54) is 0 Å². The number of benzene rings is 1. The number of fused-ring (bicyclic) bond motifs is 2. The second-order valence-corrected chi connectivity index (χ2v) is 7.31. The number of ether oxygens (including phenoxy) is 1. The summed E-state index contributed by atoms with van der Waals surface area (Å²) in [6.07, 6.45) is 5.38. The van der Waals surface area contributed by atoms with E-state index in [2.05, 4.69) is 15.6 Å². The summed E-state index contributed by atoms with van der Waals surface area (Å²) in [5.41, 5.74) is 1.40. The highest BCUT2D eigenvalue weighted by molar-refractivity contribution is 5.92. The molecule has 0 saturated carbocycles. The van der Waals surface area contributed by atoms with Crippen molar-refractivity contribution in [2.24, 2.45) is 11.8 Å². The molecular weight excluding hydrogens is 356 g/mol. The minimum absolute atomic E-state index is 0.00112. The summed E-state index contributed by atoms with van der Waals surface area (Å²) < 4.78 is 5.91. The Balaban J connectivity index is 1.43. The molecule has 1 aromatic carbocycles. The first-order chi connectivity index (χ1) is 13.7. The summed E-state index contributed by atoms with van der Waals surface area (Å²) in [6, 6.07) is 11.0. The number of rotatable bonds is 1. The highest BCUT2D eigenvalue weighted by Gasteiger charge is 2.33. The van der Waals surface area contributed by atoms with E-state index in [-0.39, 0.29) is 23.8 Å². The van der Waals surface area contributed by atoms with E-state index in [1.807, 2.05) is 35.2 Å². The first-order valence-electron chi connectivity index (χ1n) is 9.66. The molecule has 1 fully saturated rings. The van der Waals surface area contributed by atoms with Crippen molar-refractivity contribution in [1.82, 2.24) is 9.88 Å². The van der Waals surface area contributed by atoms with E-state index in [1.54, 1.807) is 18.5 Å². The summed E-state index contributed by atoms with van der Waals surface area (Å²) in [4.78, 5) is 31.0. The molecule has 7 nitrogen and oxygen atoms in total. The van der Waals surface area contributed by atoms with Gasteiger partial charge in [0, 0.05) is 25.7 Å². The van der Waals surface area contributed by atoms with Gasteiger partial charge in [-0.15, -0.1) is 0 Å². The third-order valence-electron chi connectivity index (χ3n) is 5.45. The Labute approximate surface area is 164 Å². The first kappa shape index (κ1) is 18.3. The summed E-state index contributed by atoms with van der Waals surface area (Å²) >= 11 is 0. The molecule has 1 aromatic heterocycles. The summed E-state index contributed by atoms with van der Waals surface area (Å²) in [6.45, 7) is 1.82. The number of hydrogen-bond donors (Lipinski definition) is 2. The molecule has 2 atom stereocenters. The van der Waals surface area contributed by atoms with Crippen LogP contribution in [0.15, 0.2) is 48.8 Å². The molecule has 1 saturated heterocycles. The molecule has 146 valence electrons. The molecule has 0 radical (unpaired) electrons. The Morgan fingerprint density at radius 3 is 2.93 bits per heavy atom. The van der Waals surface area contributed by atoms with Crippen LogP contribution in [0.4, 0.5) is 16.2 Å². The predicted molar refractivity (Wildman–Crippen MR) is 106 cm³/mol. The van der Waals surface area contributed by atoms with Crippen molar-refractivity contribution in [3.63, 3.8) is 0 Å². The lowest BCUT2D eigenvalue weighted by Gasteiger charge is -2.38. The Morgan fingerprint density at radius 1 is 1.18 bits per heavy atom. The number of amides is 3. The van der Waals surface area contributed by atoms with Crippen LogP contribution in [0.5, 0.6) is 5.75 Å². The number of nitrogens with one attached hydrogen (secondary N) is 2. The van der Waals surface area contributed by atoms with Crippen LogP contribution in [0.1, 0.15) is 19.3 Å². The fourth-order valence-corrected chi connectivity index (χ4v) is 3.96. The average Bonchev–Trinajstić information content (AvgIpc) is 2.71. The smallest absolute Gasteiger partial charge is 0.321 e. The molecule has 0 unspecified atom stereocenters. The van der Waals surface area contributed by atoms with Crippen molar-refractivity contribution in [3.05, 3.63) is 48.8 Å². The number of urea groups is 1. The van der Waals surface area contributed by atoms with Crippen LogP contribution >= 0.6 is 0 Å². The van der Waals surface area contributed by atoms with Crippen molar-refractivity contribution < 1.29 is 14.3 Å². The van der Waals surface area contributed by atoms with E-state index in [9.17, 15) is 9.59 Å². The van der Waals surface area contributed by atoms with Crippen molar-refractivity contribution in [2.45, 2.75) is 19.3 Å². The summed E-state index contributed by atoms with van der Waals surface area (Å²) in [5, 5.41) is 5.86. The van der Waals surface area contributed by atoms with Crippen LogP contribution in [-0.2, 0) is 4.79 Å². The third-order valence-corrected chi connectivity index (χ3v) is 5.45. The molecule has 2 aliphatic rings. The van der Waals surface area contributed by atoms with Gasteiger partial charge in [-0.3, -0.25) is 9.78 Å². The number of para-hydroxylation sites is 2. The number of carbonyl (C=O) groups is 2. The fourth-order valence-electron chi connectivity index (χ4n) is 3.96. The number of piperidine rings is 1. The number of pyridine rings is 1. The van der Waals surface area contributed by atoms with Crippen LogP contribution in [0.2, 0.25) is 0 Å². The molecule has 0 bridgehead atoms. The van der Waals surface area contributed by atoms with E-state index < -0.39 is 0 Å². The number of nitrogens with zero attached hydrogens (tertiary/aromatic N) is 2. The number of hydrogen-bond acceptors (Lipinski definition) is 4. The quantitative estimate of drug-likeness (QED) is 0.795. The molecule has 0 aliphatic carbocycles. The average molecular weight is 380 g/mol. The van der Waals surface area contributed by atoms with Gasteiger partial charge in [0.25, 0.3) is 0 Å². The Morgan fingerprint density at radius 2 is 2.07 bits per heavy atom. The molecular formula is C21H24N4O3. The molecule has 3 amide bonds. The molecule has 3 heterocycles. The monoisotopic (exact) mass is 380 g/mol. The maximum Gasteiger partial charge on any atom is 0.321 e. The Hall–Kier alpha value is -3.09. The van der Waals surface area contributed by atoms with Crippen LogP contribution < -0.4 is 15.4 Å². The van der Waals surface area contributed by atoms with Gasteiger partial charge in [0.2, 0.25) is 5.91 Å². The summed E-state index contributed by atoms with van der Waals surface area (Å²) in [5.74, 6) is 1.17. The standard InChI is InChI=1S/C21H24N4O3/c26-20-12-15-7-10-25(21(27)23-17-4-3-9-22-13-17)14-16(15)8-11-28-19-6-2-1-5-18(19)24-20/h1-6,9,13,15-16H,7-8,10-12,14H2,(H,23,27)(H,24,26)/t15-,16-/m0/s1. The Kier molecular flexibility index (Phi) is 5.41. The number of likely N-dealkylation sites (tertiary alicyclic amines) is 1. The number of carbonyl (C=O) groups excluding carboxylic acids is 2. The minimum atomic E-state index is -0.126. The minimum Gasteiger partial charge on any atom is -0.491 e. The second kappa shape index (κ2) is 8.29. The normalized spacial score (nSPS) is 22.1. The lowest BCUT2D eigenvalue weighted by atomic mass is 9.81. The largest absolute Gasteiger partial charge is 0.491 e. The van der Waals surface area contributed by atoms with Crippen LogP contribution in [0.3, 0.4) is 0 Å². The van der Waals surface area contributed by atoms with Gasteiger partial charge in [0.15, 0.2) is 0 Å². The van der Waals surface area contributed by atoms with Crippen LogP contribution in [0.25, 0.3) is 0 Å². The predicted octanol–water partition coefficient (Wildman–Crippen LogP) is 3.36. The first-order valence-corrected chi connectivity index (χ1v) is 9.66. The molecule has 28 heavy (non-hydrogen) atoms. The van der Waals surface area contributed by atoms with Gasteiger partial charge in [-0.05, 0) is 48.9 Å².